The van der Waals surface area contributed by atoms with Crippen LogP contribution in [0.2, 0.25) is 0 Å². The molecule has 1 rings (SSSR count). The summed E-state index contributed by atoms with van der Waals surface area (Å²) in [4.78, 5) is 12.5. The van der Waals surface area contributed by atoms with Gasteiger partial charge in [0, 0.05) is 33.4 Å². The number of rotatable bonds is 6. The molecule has 0 aliphatic heterocycles. The average molecular weight is 224 g/mol. The number of aromatic nitrogens is 2. The van der Waals surface area contributed by atoms with Crippen LogP contribution in [0.5, 0.6) is 0 Å². The van der Waals surface area contributed by atoms with Crippen molar-refractivity contribution in [1.82, 2.24) is 9.97 Å². The number of hydrogen-bond donors (Lipinski definition) is 1. The summed E-state index contributed by atoms with van der Waals surface area (Å²) < 4.78 is 0. The van der Waals surface area contributed by atoms with E-state index in [0.29, 0.717) is 12.5 Å². The SMILES string of the molecule is CCCN(CCO)c1ccnc(N(C)C)n1. The highest BCUT2D eigenvalue weighted by molar-refractivity contribution is 5.42. The quantitative estimate of drug-likeness (QED) is 0.773. The van der Waals surface area contributed by atoms with E-state index in [1.807, 2.05) is 25.1 Å². The van der Waals surface area contributed by atoms with E-state index in [9.17, 15) is 0 Å². The van der Waals surface area contributed by atoms with Gasteiger partial charge in [-0.25, -0.2) is 4.98 Å². The van der Waals surface area contributed by atoms with E-state index in [4.69, 9.17) is 5.11 Å². The lowest BCUT2D eigenvalue weighted by molar-refractivity contribution is 0.301. The smallest absolute Gasteiger partial charge is 0.226 e. The van der Waals surface area contributed by atoms with Crippen molar-refractivity contribution in [3.05, 3.63) is 12.3 Å². The maximum Gasteiger partial charge on any atom is 0.226 e. The molecule has 0 saturated carbocycles. The normalized spacial score (nSPS) is 10.2. The number of aliphatic hydroxyl groups is 1. The molecule has 90 valence electrons. The van der Waals surface area contributed by atoms with Gasteiger partial charge in [0.25, 0.3) is 0 Å². The van der Waals surface area contributed by atoms with Gasteiger partial charge >= 0.3 is 0 Å². The van der Waals surface area contributed by atoms with Gasteiger partial charge in [0.05, 0.1) is 6.61 Å². The molecule has 0 fully saturated rings. The molecule has 1 aromatic rings. The van der Waals surface area contributed by atoms with Crippen LogP contribution in [-0.4, -0.2) is 48.9 Å². The molecule has 5 nitrogen and oxygen atoms in total. The molecule has 1 aromatic heterocycles. The Morgan fingerprint density at radius 3 is 2.62 bits per heavy atom. The third-order valence-corrected chi connectivity index (χ3v) is 2.22. The fourth-order valence-electron chi connectivity index (χ4n) is 1.46. The Morgan fingerprint density at radius 1 is 1.31 bits per heavy atom. The topological polar surface area (TPSA) is 52.5 Å². The van der Waals surface area contributed by atoms with Crippen LogP contribution in [-0.2, 0) is 0 Å². The van der Waals surface area contributed by atoms with Crippen LogP contribution in [0.3, 0.4) is 0 Å². The molecular weight excluding hydrogens is 204 g/mol. The van der Waals surface area contributed by atoms with Crippen LogP contribution in [0.15, 0.2) is 12.3 Å². The minimum absolute atomic E-state index is 0.140. The standard InChI is InChI=1S/C11H20N4O/c1-4-7-15(8-9-16)10-5-6-12-11(13-10)14(2)3/h5-6,16H,4,7-9H2,1-3H3. The van der Waals surface area contributed by atoms with Crippen molar-refractivity contribution in [3.8, 4) is 0 Å². The Balaban J connectivity index is 2.86. The molecule has 0 radical (unpaired) electrons. The monoisotopic (exact) mass is 224 g/mol. The van der Waals surface area contributed by atoms with E-state index in [1.165, 1.54) is 0 Å². The lowest BCUT2D eigenvalue weighted by Crippen LogP contribution is -2.29. The van der Waals surface area contributed by atoms with Gasteiger partial charge in [0.15, 0.2) is 0 Å². The van der Waals surface area contributed by atoms with Crippen LogP contribution in [0.25, 0.3) is 0 Å². The lowest BCUT2D eigenvalue weighted by atomic mass is 10.4. The second-order valence-electron chi connectivity index (χ2n) is 3.82. The molecule has 0 amide bonds. The van der Waals surface area contributed by atoms with Gasteiger partial charge in [-0.3, -0.25) is 0 Å². The molecule has 1 N–H and O–H groups in total. The first kappa shape index (κ1) is 12.7. The van der Waals surface area contributed by atoms with Crippen molar-refractivity contribution in [2.24, 2.45) is 0 Å². The zero-order valence-electron chi connectivity index (χ0n) is 10.2. The summed E-state index contributed by atoms with van der Waals surface area (Å²) in [6.45, 7) is 3.75. The average Bonchev–Trinajstić information content (AvgIpc) is 2.29. The summed E-state index contributed by atoms with van der Waals surface area (Å²) in [7, 11) is 3.82. The Morgan fingerprint density at radius 2 is 2.06 bits per heavy atom. The number of aliphatic hydroxyl groups excluding tert-OH is 1. The van der Waals surface area contributed by atoms with Crippen LogP contribution in [0.1, 0.15) is 13.3 Å². The minimum atomic E-state index is 0.140. The van der Waals surface area contributed by atoms with Gasteiger partial charge in [-0.2, -0.15) is 4.98 Å². The van der Waals surface area contributed by atoms with Gasteiger partial charge in [-0.05, 0) is 12.5 Å². The second kappa shape index (κ2) is 6.27. The first-order chi connectivity index (χ1) is 7.69. The summed E-state index contributed by atoms with van der Waals surface area (Å²) in [6, 6.07) is 1.87. The Kier molecular flexibility index (Phi) is 4.98. The summed E-state index contributed by atoms with van der Waals surface area (Å²) in [5.41, 5.74) is 0. The van der Waals surface area contributed by atoms with Crippen molar-refractivity contribution in [1.29, 1.82) is 0 Å². The number of hydrogen-bond acceptors (Lipinski definition) is 5. The molecule has 0 atom stereocenters. The summed E-state index contributed by atoms with van der Waals surface area (Å²) in [5, 5.41) is 9.01. The van der Waals surface area contributed by atoms with E-state index in [2.05, 4.69) is 21.8 Å². The van der Waals surface area contributed by atoms with Crippen molar-refractivity contribution in [2.75, 3.05) is 43.6 Å². The van der Waals surface area contributed by atoms with E-state index < -0.39 is 0 Å². The van der Waals surface area contributed by atoms with E-state index in [-0.39, 0.29) is 6.61 Å². The Bertz CT molecular complexity index is 311. The van der Waals surface area contributed by atoms with Crippen LogP contribution < -0.4 is 9.80 Å². The first-order valence-electron chi connectivity index (χ1n) is 5.55. The van der Waals surface area contributed by atoms with Crippen LogP contribution >= 0.6 is 0 Å². The van der Waals surface area contributed by atoms with Crippen molar-refractivity contribution in [3.63, 3.8) is 0 Å². The van der Waals surface area contributed by atoms with Crippen LogP contribution in [0, 0.1) is 0 Å². The van der Waals surface area contributed by atoms with E-state index in [0.717, 1.165) is 18.8 Å². The van der Waals surface area contributed by atoms with Gasteiger partial charge in [0.1, 0.15) is 5.82 Å². The predicted molar refractivity (Wildman–Crippen MR) is 65.9 cm³/mol. The van der Waals surface area contributed by atoms with Crippen LogP contribution in [0.4, 0.5) is 11.8 Å². The predicted octanol–water partition coefficient (Wildman–Crippen LogP) is 0.751. The largest absolute Gasteiger partial charge is 0.395 e. The Labute approximate surface area is 96.7 Å². The molecule has 0 aliphatic carbocycles. The maximum absolute atomic E-state index is 9.01. The summed E-state index contributed by atoms with van der Waals surface area (Å²) >= 11 is 0. The number of anilines is 2. The molecular formula is C11H20N4O. The van der Waals surface area contributed by atoms with Gasteiger partial charge in [0.2, 0.25) is 5.95 Å². The fraction of sp³-hybridized carbons (Fsp3) is 0.636. The van der Waals surface area contributed by atoms with E-state index in [1.54, 1.807) is 6.20 Å². The molecule has 1 heterocycles. The third kappa shape index (κ3) is 3.34. The van der Waals surface area contributed by atoms with E-state index >= 15 is 0 Å². The van der Waals surface area contributed by atoms with Crippen molar-refractivity contribution >= 4 is 11.8 Å². The molecule has 0 aliphatic rings. The minimum Gasteiger partial charge on any atom is -0.395 e. The molecule has 0 unspecified atom stereocenters. The van der Waals surface area contributed by atoms with Gasteiger partial charge < -0.3 is 14.9 Å². The van der Waals surface area contributed by atoms with Crippen molar-refractivity contribution < 1.29 is 5.11 Å². The zero-order valence-corrected chi connectivity index (χ0v) is 10.2. The van der Waals surface area contributed by atoms with Gasteiger partial charge in [-0.15, -0.1) is 0 Å². The Hall–Kier alpha value is -1.36. The molecule has 5 heteroatoms. The highest BCUT2D eigenvalue weighted by Gasteiger charge is 2.08. The molecule has 0 saturated heterocycles. The molecule has 16 heavy (non-hydrogen) atoms. The van der Waals surface area contributed by atoms with Gasteiger partial charge in [-0.1, -0.05) is 6.92 Å². The second-order valence-corrected chi connectivity index (χ2v) is 3.82. The molecule has 0 aromatic carbocycles. The highest BCUT2D eigenvalue weighted by Crippen LogP contribution is 2.13. The third-order valence-electron chi connectivity index (χ3n) is 2.22. The molecule has 0 spiro atoms. The first-order valence-corrected chi connectivity index (χ1v) is 5.55. The van der Waals surface area contributed by atoms with Crippen molar-refractivity contribution in [2.45, 2.75) is 13.3 Å². The summed E-state index contributed by atoms with van der Waals surface area (Å²) in [5.74, 6) is 1.56. The fourth-order valence-corrected chi connectivity index (χ4v) is 1.46. The maximum atomic E-state index is 9.01. The highest BCUT2D eigenvalue weighted by atomic mass is 16.3. The molecule has 0 bridgehead atoms. The summed E-state index contributed by atoms with van der Waals surface area (Å²) in [6.07, 6.45) is 2.78. The number of nitrogens with zero attached hydrogens (tertiary/aromatic N) is 4. The zero-order chi connectivity index (χ0) is 12.0. The lowest BCUT2D eigenvalue weighted by Gasteiger charge is -2.23.